The second kappa shape index (κ2) is 5.30. The zero-order valence-corrected chi connectivity index (χ0v) is 10.9. The van der Waals surface area contributed by atoms with Crippen LogP contribution in [0, 0.1) is 16.0 Å². The molecule has 7 heteroatoms. The molecular formula is C11H12Cl2N2O3. The van der Waals surface area contributed by atoms with Gasteiger partial charge in [0.15, 0.2) is 0 Å². The van der Waals surface area contributed by atoms with Crippen molar-refractivity contribution in [1.29, 1.82) is 0 Å². The number of non-ortho nitro benzene ring substituents is 1. The Kier molecular flexibility index (Phi) is 3.94. The molecule has 5 nitrogen and oxygen atoms in total. The number of hydrogen-bond donors (Lipinski definition) is 2. The third kappa shape index (κ3) is 3.04. The van der Waals surface area contributed by atoms with Gasteiger partial charge in [0.05, 0.1) is 26.8 Å². The largest absolute Gasteiger partial charge is 0.391 e. The summed E-state index contributed by atoms with van der Waals surface area (Å²) in [6, 6.07) is 2.47. The van der Waals surface area contributed by atoms with E-state index in [2.05, 4.69) is 5.32 Å². The lowest BCUT2D eigenvalue weighted by molar-refractivity contribution is -0.384. The highest BCUT2D eigenvalue weighted by Crippen LogP contribution is 2.36. The van der Waals surface area contributed by atoms with Crippen LogP contribution < -0.4 is 5.32 Å². The number of hydrogen-bond acceptors (Lipinski definition) is 4. The molecule has 0 heterocycles. The molecule has 0 saturated heterocycles. The molecule has 0 aromatic heterocycles. The number of benzene rings is 1. The molecule has 18 heavy (non-hydrogen) atoms. The molecule has 1 atom stereocenters. The number of aliphatic hydroxyl groups is 1. The Labute approximate surface area is 114 Å². The molecule has 0 radical (unpaired) electrons. The first-order valence-electron chi connectivity index (χ1n) is 5.54. The van der Waals surface area contributed by atoms with Crippen LogP contribution in [0.3, 0.4) is 0 Å². The molecule has 0 spiro atoms. The van der Waals surface area contributed by atoms with E-state index >= 15 is 0 Å². The molecule has 0 amide bonds. The molecule has 1 fully saturated rings. The Hall–Kier alpha value is -1.04. The maximum absolute atomic E-state index is 10.6. The number of halogens is 2. The first-order chi connectivity index (χ1) is 8.49. The number of nitrogens with one attached hydrogen (secondary N) is 1. The standard InChI is InChI=1S/C11H12Cl2N2O3/c12-8-3-7(15(17)18)4-9(13)11(8)14-5-10(16)6-1-2-6/h3-4,6,10,14,16H,1-2,5H2. The summed E-state index contributed by atoms with van der Waals surface area (Å²) in [5.41, 5.74) is 0.266. The average Bonchev–Trinajstić information content (AvgIpc) is 3.10. The van der Waals surface area contributed by atoms with Gasteiger partial charge in [-0.15, -0.1) is 0 Å². The number of anilines is 1. The average molecular weight is 291 g/mol. The van der Waals surface area contributed by atoms with Crippen LogP contribution >= 0.6 is 23.2 Å². The lowest BCUT2D eigenvalue weighted by Gasteiger charge is -2.14. The van der Waals surface area contributed by atoms with Gasteiger partial charge in [-0.2, -0.15) is 0 Å². The van der Waals surface area contributed by atoms with Crippen LogP contribution in [0.4, 0.5) is 11.4 Å². The number of nitro benzene ring substituents is 1. The van der Waals surface area contributed by atoms with Crippen molar-refractivity contribution >= 4 is 34.6 Å². The quantitative estimate of drug-likeness (QED) is 0.645. The highest BCUT2D eigenvalue weighted by Gasteiger charge is 2.29. The van der Waals surface area contributed by atoms with Crippen LogP contribution in [-0.4, -0.2) is 22.7 Å². The smallest absolute Gasteiger partial charge is 0.272 e. The summed E-state index contributed by atoms with van der Waals surface area (Å²) < 4.78 is 0. The van der Waals surface area contributed by atoms with Gasteiger partial charge in [0.1, 0.15) is 0 Å². The SMILES string of the molecule is O=[N+]([O-])c1cc(Cl)c(NCC(O)C2CC2)c(Cl)c1. The van der Waals surface area contributed by atoms with E-state index in [0.29, 0.717) is 18.2 Å². The van der Waals surface area contributed by atoms with Crippen molar-refractivity contribution in [2.45, 2.75) is 18.9 Å². The Balaban J connectivity index is 2.09. The van der Waals surface area contributed by atoms with Gasteiger partial charge < -0.3 is 10.4 Å². The van der Waals surface area contributed by atoms with Crippen LogP contribution in [0.25, 0.3) is 0 Å². The van der Waals surface area contributed by atoms with Crippen LogP contribution in [0.5, 0.6) is 0 Å². The van der Waals surface area contributed by atoms with Crippen molar-refractivity contribution in [3.63, 3.8) is 0 Å². The second-order valence-electron chi connectivity index (χ2n) is 4.33. The third-order valence-corrected chi connectivity index (χ3v) is 3.49. The minimum Gasteiger partial charge on any atom is -0.391 e. The highest BCUT2D eigenvalue weighted by atomic mass is 35.5. The minimum atomic E-state index is -0.555. The van der Waals surface area contributed by atoms with Gasteiger partial charge in [-0.05, 0) is 18.8 Å². The fourth-order valence-corrected chi connectivity index (χ4v) is 2.30. The molecule has 1 unspecified atom stereocenters. The molecule has 1 saturated carbocycles. The van der Waals surface area contributed by atoms with Crippen molar-refractivity contribution < 1.29 is 10.0 Å². The first kappa shape index (κ1) is 13.4. The van der Waals surface area contributed by atoms with Crippen molar-refractivity contribution in [3.05, 3.63) is 32.3 Å². The Morgan fingerprint density at radius 3 is 2.44 bits per heavy atom. The fourth-order valence-electron chi connectivity index (χ4n) is 1.69. The molecule has 1 aliphatic carbocycles. The summed E-state index contributed by atoms with van der Waals surface area (Å²) in [7, 11) is 0. The van der Waals surface area contributed by atoms with E-state index < -0.39 is 11.0 Å². The highest BCUT2D eigenvalue weighted by molar-refractivity contribution is 6.39. The molecule has 0 bridgehead atoms. The van der Waals surface area contributed by atoms with E-state index in [1.54, 1.807) is 0 Å². The van der Waals surface area contributed by atoms with E-state index in [1.807, 2.05) is 0 Å². The predicted octanol–water partition coefficient (Wildman–Crippen LogP) is 3.08. The van der Waals surface area contributed by atoms with Gasteiger partial charge in [0.25, 0.3) is 5.69 Å². The summed E-state index contributed by atoms with van der Waals surface area (Å²) in [4.78, 5) is 10.1. The lowest BCUT2D eigenvalue weighted by Crippen LogP contribution is -2.21. The van der Waals surface area contributed by atoms with Gasteiger partial charge in [0, 0.05) is 18.7 Å². The summed E-state index contributed by atoms with van der Waals surface area (Å²) in [6.07, 6.45) is 1.63. The molecule has 2 rings (SSSR count). The maximum Gasteiger partial charge on any atom is 0.272 e. The normalized spacial score (nSPS) is 16.4. The van der Waals surface area contributed by atoms with E-state index in [1.165, 1.54) is 12.1 Å². The Morgan fingerprint density at radius 2 is 2.00 bits per heavy atom. The van der Waals surface area contributed by atoms with E-state index in [-0.39, 0.29) is 15.7 Å². The molecule has 98 valence electrons. The van der Waals surface area contributed by atoms with Crippen LogP contribution in [0.2, 0.25) is 10.0 Å². The van der Waals surface area contributed by atoms with Crippen molar-refractivity contribution in [1.82, 2.24) is 0 Å². The molecule has 1 aromatic carbocycles. The van der Waals surface area contributed by atoms with Crippen LogP contribution in [0.1, 0.15) is 12.8 Å². The predicted molar refractivity (Wildman–Crippen MR) is 70.3 cm³/mol. The third-order valence-electron chi connectivity index (χ3n) is 2.89. The van der Waals surface area contributed by atoms with Gasteiger partial charge in [0.2, 0.25) is 0 Å². The topological polar surface area (TPSA) is 75.4 Å². The number of nitro groups is 1. The van der Waals surface area contributed by atoms with Gasteiger partial charge >= 0.3 is 0 Å². The van der Waals surface area contributed by atoms with Crippen LogP contribution in [-0.2, 0) is 0 Å². The first-order valence-corrected chi connectivity index (χ1v) is 6.30. The fraction of sp³-hybridized carbons (Fsp3) is 0.455. The number of nitrogens with zero attached hydrogens (tertiary/aromatic N) is 1. The Morgan fingerprint density at radius 1 is 1.44 bits per heavy atom. The Bertz CT molecular complexity index is 454. The van der Waals surface area contributed by atoms with E-state index in [9.17, 15) is 15.2 Å². The summed E-state index contributed by atoms with van der Waals surface area (Å²) in [5, 5.41) is 23.6. The monoisotopic (exact) mass is 290 g/mol. The van der Waals surface area contributed by atoms with Gasteiger partial charge in [-0.25, -0.2) is 0 Å². The summed E-state index contributed by atoms with van der Waals surface area (Å²) in [6.45, 7) is 0.335. The van der Waals surface area contributed by atoms with Crippen molar-refractivity contribution in [2.75, 3.05) is 11.9 Å². The van der Waals surface area contributed by atoms with E-state index in [4.69, 9.17) is 23.2 Å². The zero-order chi connectivity index (χ0) is 13.3. The maximum atomic E-state index is 10.6. The molecule has 1 aromatic rings. The van der Waals surface area contributed by atoms with Gasteiger partial charge in [-0.1, -0.05) is 23.2 Å². The van der Waals surface area contributed by atoms with Crippen LogP contribution in [0.15, 0.2) is 12.1 Å². The lowest BCUT2D eigenvalue weighted by atomic mass is 10.2. The molecule has 0 aliphatic heterocycles. The van der Waals surface area contributed by atoms with E-state index in [0.717, 1.165) is 12.8 Å². The molecule has 2 N–H and O–H groups in total. The number of aliphatic hydroxyl groups excluding tert-OH is 1. The van der Waals surface area contributed by atoms with Crippen molar-refractivity contribution in [3.8, 4) is 0 Å². The second-order valence-corrected chi connectivity index (χ2v) is 5.14. The van der Waals surface area contributed by atoms with Crippen molar-refractivity contribution in [2.24, 2.45) is 5.92 Å². The molecular weight excluding hydrogens is 279 g/mol. The minimum absolute atomic E-state index is 0.154. The van der Waals surface area contributed by atoms with Gasteiger partial charge in [-0.3, -0.25) is 10.1 Å². The number of rotatable bonds is 5. The summed E-state index contributed by atoms with van der Waals surface area (Å²) in [5.74, 6) is 0.341. The molecule has 1 aliphatic rings. The zero-order valence-electron chi connectivity index (χ0n) is 9.40. The summed E-state index contributed by atoms with van der Waals surface area (Å²) >= 11 is 11.8.